The van der Waals surface area contributed by atoms with Crippen molar-refractivity contribution >= 4 is 17.5 Å². The van der Waals surface area contributed by atoms with Gasteiger partial charge in [0.2, 0.25) is 11.9 Å². The maximum absolute atomic E-state index is 14.0. The zero-order chi connectivity index (χ0) is 20.4. The first-order valence-electron chi connectivity index (χ1n) is 9.03. The van der Waals surface area contributed by atoms with E-state index in [4.69, 9.17) is 9.47 Å². The molecule has 29 heavy (non-hydrogen) atoms. The van der Waals surface area contributed by atoms with Crippen LogP contribution in [0, 0.1) is 11.6 Å². The van der Waals surface area contributed by atoms with Gasteiger partial charge in [0.25, 0.3) is 0 Å². The van der Waals surface area contributed by atoms with Crippen molar-refractivity contribution in [3.05, 3.63) is 42.1 Å². The van der Waals surface area contributed by atoms with Gasteiger partial charge in [-0.2, -0.15) is 4.98 Å². The van der Waals surface area contributed by atoms with Gasteiger partial charge in [-0.3, -0.25) is 15.0 Å². The predicted molar refractivity (Wildman–Crippen MR) is 101 cm³/mol. The molecule has 3 aromatic rings. The van der Waals surface area contributed by atoms with Gasteiger partial charge in [0.15, 0.2) is 17.2 Å². The summed E-state index contributed by atoms with van der Waals surface area (Å²) in [5, 5.41) is 6.90. The number of amides is 1. The van der Waals surface area contributed by atoms with Crippen molar-refractivity contribution in [3.63, 3.8) is 0 Å². The van der Waals surface area contributed by atoms with Crippen LogP contribution in [0.25, 0.3) is 16.8 Å². The molecular weight excluding hydrogens is 384 g/mol. The zero-order valence-electron chi connectivity index (χ0n) is 15.7. The lowest BCUT2D eigenvalue weighted by atomic mass is 10.1. The molecule has 0 saturated carbocycles. The van der Waals surface area contributed by atoms with Crippen molar-refractivity contribution in [1.82, 2.24) is 19.5 Å². The third kappa shape index (κ3) is 4.17. The molecule has 1 N–H and O–H groups in total. The number of hydrogen-bond acceptors (Lipinski definition) is 6. The van der Waals surface area contributed by atoms with E-state index in [1.54, 1.807) is 18.3 Å². The summed E-state index contributed by atoms with van der Waals surface area (Å²) in [5.74, 6) is -1.65. The Labute approximate surface area is 165 Å². The third-order valence-electron chi connectivity index (χ3n) is 4.58. The first-order valence-corrected chi connectivity index (χ1v) is 9.03. The highest BCUT2D eigenvalue weighted by Gasteiger charge is 2.17. The molecule has 1 amide bonds. The monoisotopic (exact) mass is 403 g/mol. The molecule has 8 nitrogen and oxygen atoms in total. The molecule has 1 aliphatic heterocycles. The Kier molecular flexibility index (Phi) is 5.36. The fraction of sp³-hybridized carbons (Fsp3) is 0.316. The molecular formula is C19H19F2N5O3. The van der Waals surface area contributed by atoms with Gasteiger partial charge in [-0.25, -0.2) is 13.3 Å². The van der Waals surface area contributed by atoms with E-state index in [2.05, 4.69) is 15.4 Å². The fourth-order valence-electron chi connectivity index (χ4n) is 3.20. The molecule has 2 aromatic heterocycles. The van der Waals surface area contributed by atoms with E-state index in [1.807, 2.05) is 4.90 Å². The molecule has 0 spiro atoms. The molecule has 0 unspecified atom stereocenters. The van der Waals surface area contributed by atoms with Crippen LogP contribution in [0.5, 0.6) is 5.75 Å². The number of benzene rings is 1. The molecule has 0 atom stereocenters. The predicted octanol–water partition coefficient (Wildman–Crippen LogP) is 1.95. The summed E-state index contributed by atoms with van der Waals surface area (Å²) in [6, 6.07) is 5.24. The first kappa shape index (κ1) is 19.2. The number of morpholine rings is 1. The second-order valence-corrected chi connectivity index (χ2v) is 6.56. The Morgan fingerprint density at radius 1 is 1.28 bits per heavy atom. The smallest absolute Gasteiger partial charge is 0.249 e. The van der Waals surface area contributed by atoms with Crippen LogP contribution < -0.4 is 10.1 Å². The van der Waals surface area contributed by atoms with Crippen molar-refractivity contribution in [2.45, 2.75) is 0 Å². The number of carbonyl (C=O) groups is 1. The minimum atomic E-state index is -0.794. The Morgan fingerprint density at radius 2 is 2.07 bits per heavy atom. The normalized spacial score (nSPS) is 14.9. The highest BCUT2D eigenvalue weighted by atomic mass is 19.1. The molecule has 4 rings (SSSR count). The van der Waals surface area contributed by atoms with Gasteiger partial charge < -0.3 is 9.47 Å². The maximum atomic E-state index is 14.0. The molecule has 1 aliphatic rings. The second kappa shape index (κ2) is 8.10. The summed E-state index contributed by atoms with van der Waals surface area (Å²) < 4.78 is 39.4. The summed E-state index contributed by atoms with van der Waals surface area (Å²) in [5.41, 5.74) is 1.22. The highest BCUT2D eigenvalue weighted by molar-refractivity contribution is 5.90. The average molecular weight is 403 g/mol. The van der Waals surface area contributed by atoms with Crippen LogP contribution in [0.15, 0.2) is 30.5 Å². The summed E-state index contributed by atoms with van der Waals surface area (Å²) >= 11 is 0. The van der Waals surface area contributed by atoms with Crippen LogP contribution in [-0.4, -0.2) is 65.4 Å². The first-order chi connectivity index (χ1) is 14.0. The number of ether oxygens (including phenoxy) is 2. The lowest BCUT2D eigenvalue weighted by Gasteiger charge is -2.25. The average Bonchev–Trinajstić information content (AvgIpc) is 3.09. The van der Waals surface area contributed by atoms with Gasteiger partial charge in [-0.15, -0.1) is 5.10 Å². The second-order valence-electron chi connectivity index (χ2n) is 6.56. The largest absolute Gasteiger partial charge is 0.493 e. The number of anilines is 1. The van der Waals surface area contributed by atoms with E-state index in [9.17, 15) is 13.6 Å². The standard InChI is InChI=1S/C19H19F2N5O3/c1-28-18-14(8-13(20)9-15(18)21)12-2-3-16-22-19(24-26(16)10-12)23-17(27)11-25-4-6-29-7-5-25/h2-3,8-10H,4-7,11H2,1H3,(H,23,24,27). The van der Waals surface area contributed by atoms with Crippen molar-refractivity contribution in [3.8, 4) is 16.9 Å². The molecule has 1 aromatic carbocycles. The number of pyridine rings is 1. The van der Waals surface area contributed by atoms with Gasteiger partial charge >= 0.3 is 0 Å². The van der Waals surface area contributed by atoms with Crippen LogP contribution >= 0.6 is 0 Å². The van der Waals surface area contributed by atoms with Gasteiger partial charge in [0.05, 0.1) is 26.9 Å². The van der Waals surface area contributed by atoms with E-state index in [1.165, 1.54) is 17.7 Å². The summed E-state index contributed by atoms with van der Waals surface area (Å²) in [6.07, 6.45) is 1.57. The van der Waals surface area contributed by atoms with Gasteiger partial charge in [-0.05, 0) is 18.2 Å². The number of hydrogen-bond donors (Lipinski definition) is 1. The summed E-state index contributed by atoms with van der Waals surface area (Å²) in [4.78, 5) is 18.5. The van der Waals surface area contributed by atoms with E-state index in [0.29, 0.717) is 37.5 Å². The number of nitrogens with zero attached hydrogens (tertiary/aromatic N) is 4. The van der Waals surface area contributed by atoms with Crippen molar-refractivity contribution < 1.29 is 23.0 Å². The molecule has 1 fully saturated rings. The number of fused-ring (bicyclic) bond motifs is 1. The summed E-state index contributed by atoms with van der Waals surface area (Å²) in [6.45, 7) is 2.83. The quantitative estimate of drug-likeness (QED) is 0.702. The minimum absolute atomic E-state index is 0.0649. The molecule has 10 heteroatoms. The lowest BCUT2D eigenvalue weighted by molar-refractivity contribution is -0.118. The lowest BCUT2D eigenvalue weighted by Crippen LogP contribution is -2.41. The SMILES string of the molecule is COc1c(F)cc(F)cc1-c1ccc2nc(NC(=O)CN3CCOCC3)nn2c1. The number of rotatable bonds is 5. The van der Waals surface area contributed by atoms with Crippen LogP contribution in [0.4, 0.5) is 14.7 Å². The molecule has 152 valence electrons. The van der Waals surface area contributed by atoms with Crippen LogP contribution in [0.1, 0.15) is 0 Å². The number of halogens is 2. The molecule has 0 aliphatic carbocycles. The third-order valence-corrected chi connectivity index (χ3v) is 4.58. The van der Waals surface area contributed by atoms with Crippen LogP contribution in [-0.2, 0) is 9.53 Å². The molecule has 0 radical (unpaired) electrons. The maximum Gasteiger partial charge on any atom is 0.249 e. The van der Waals surface area contributed by atoms with Crippen molar-refractivity contribution in [2.24, 2.45) is 0 Å². The molecule has 3 heterocycles. The number of aromatic nitrogens is 3. The van der Waals surface area contributed by atoms with Crippen molar-refractivity contribution in [2.75, 3.05) is 45.3 Å². The van der Waals surface area contributed by atoms with E-state index in [-0.39, 0.29) is 29.7 Å². The Balaban J connectivity index is 1.56. The molecule has 1 saturated heterocycles. The van der Waals surface area contributed by atoms with E-state index in [0.717, 1.165) is 6.07 Å². The highest BCUT2D eigenvalue weighted by Crippen LogP contribution is 2.33. The van der Waals surface area contributed by atoms with Gasteiger partial charge in [-0.1, -0.05) is 0 Å². The number of carbonyl (C=O) groups excluding carboxylic acids is 1. The van der Waals surface area contributed by atoms with Crippen LogP contribution in [0.2, 0.25) is 0 Å². The van der Waals surface area contributed by atoms with Gasteiger partial charge in [0.1, 0.15) is 5.82 Å². The van der Waals surface area contributed by atoms with E-state index >= 15 is 0 Å². The molecule has 0 bridgehead atoms. The minimum Gasteiger partial charge on any atom is -0.493 e. The fourth-order valence-corrected chi connectivity index (χ4v) is 3.20. The topological polar surface area (TPSA) is 81.0 Å². The van der Waals surface area contributed by atoms with Crippen molar-refractivity contribution in [1.29, 1.82) is 0 Å². The van der Waals surface area contributed by atoms with Gasteiger partial charge in [0, 0.05) is 36.5 Å². The Hall–Kier alpha value is -3.11. The van der Waals surface area contributed by atoms with E-state index < -0.39 is 11.6 Å². The zero-order valence-corrected chi connectivity index (χ0v) is 15.7. The summed E-state index contributed by atoms with van der Waals surface area (Å²) in [7, 11) is 1.32. The number of methoxy groups -OCH3 is 1. The Morgan fingerprint density at radius 3 is 2.83 bits per heavy atom. The number of nitrogens with one attached hydrogen (secondary N) is 1. The Bertz CT molecular complexity index is 1050. The van der Waals surface area contributed by atoms with Crippen LogP contribution in [0.3, 0.4) is 0 Å².